The fourth-order valence-corrected chi connectivity index (χ4v) is 1.56. The van der Waals surface area contributed by atoms with Gasteiger partial charge in [-0.3, -0.25) is 0 Å². The lowest BCUT2D eigenvalue weighted by Crippen LogP contribution is -2.19. The molecule has 0 atom stereocenters. The summed E-state index contributed by atoms with van der Waals surface area (Å²) >= 11 is 0. The van der Waals surface area contributed by atoms with Crippen LogP contribution in [0.15, 0.2) is 0 Å². The van der Waals surface area contributed by atoms with Gasteiger partial charge in [-0.1, -0.05) is 45.4 Å². The van der Waals surface area contributed by atoms with Gasteiger partial charge in [-0.15, -0.1) is 12.4 Å². The van der Waals surface area contributed by atoms with Crippen LogP contribution in [0.5, 0.6) is 0 Å². The van der Waals surface area contributed by atoms with Gasteiger partial charge in [0.2, 0.25) is 0 Å². The molecule has 0 aromatic rings. The Labute approximate surface area is 102 Å². The van der Waals surface area contributed by atoms with E-state index in [2.05, 4.69) is 12.2 Å². The van der Waals surface area contributed by atoms with Crippen LogP contribution in [0.2, 0.25) is 0 Å². The number of nitrogens with two attached hydrogens (primary N) is 1. The summed E-state index contributed by atoms with van der Waals surface area (Å²) in [5, 5.41) is 3.41. The normalized spacial score (nSPS) is 10.0. The third-order valence-electron chi connectivity index (χ3n) is 2.51. The van der Waals surface area contributed by atoms with E-state index in [0.717, 1.165) is 19.5 Å². The summed E-state index contributed by atoms with van der Waals surface area (Å²) in [6.45, 7) is 5.34. The lowest BCUT2D eigenvalue weighted by atomic mass is 10.1. The summed E-state index contributed by atoms with van der Waals surface area (Å²) in [4.78, 5) is 0. The van der Waals surface area contributed by atoms with E-state index in [0.29, 0.717) is 0 Å². The zero-order valence-corrected chi connectivity index (χ0v) is 11.1. The number of nitrogens with one attached hydrogen (secondary N) is 1. The second-order valence-electron chi connectivity index (χ2n) is 4.01. The summed E-state index contributed by atoms with van der Waals surface area (Å²) < 4.78 is 0. The van der Waals surface area contributed by atoms with Gasteiger partial charge in [-0.25, -0.2) is 0 Å². The molecule has 2 nitrogen and oxygen atoms in total. The minimum atomic E-state index is 0. The molecule has 0 heterocycles. The van der Waals surface area contributed by atoms with Gasteiger partial charge < -0.3 is 11.1 Å². The monoisotopic (exact) mass is 236 g/mol. The molecule has 0 fully saturated rings. The van der Waals surface area contributed by atoms with Crippen LogP contribution in [0.4, 0.5) is 0 Å². The van der Waals surface area contributed by atoms with Crippen LogP contribution in [-0.2, 0) is 0 Å². The quantitative estimate of drug-likeness (QED) is 0.541. The Morgan fingerprint density at radius 1 is 0.800 bits per heavy atom. The van der Waals surface area contributed by atoms with E-state index in [-0.39, 0.29) is 12.4 Å². The Morgan fingerprint density at radius 2 is 1.33 bits per heavy atom. The summed E-state index contributed by atoms with van der Waals surface area (Å²) in [6, 6.07) is 0. The molecule has 0 saturated carbocycles. The molecule has 0 bridgehead atoms. The fraction of sp³-hybridized carbons (Fsp3) is 1.00. The molecule has 0 aliphatic carbocycles. The Morgan fingerprint density at radius 3 is 1.93 bits per heavy atom. The smallest absolute Gasteiger partial charge is 0.00369 e. The van der Waals surface area contributed by atoms with Crippen LogP contribution in [0.1, 0.15) is 58.3 Å². The van der Waals surface area contributed by atoms with E-state index in [1.165, 1.54) is 51.5 Å². The van der Waals surface area contributed by atoms with Crippen LogP contribution >= 0.6 is 12.4 Å². The standard InChI is InChI=1S/C12H28N2.ClH/c1-2-3-4-5-6-7-8-11-14-12-9-10-13;/h14H,2-13H2,1H3;1H. The number of halogens is 1. The van der Waals surface area contributed by atoms with Gasteiger partial charge in [0.15, 0.2) is 0 Å². The minimum absolute atomic E-state index is 0. The second kappa shape index (κ2) is 16.6. The number of unbranched alkanes of at least 4 members (excludes halogenated alkanes) is 6. The number of hydrogen-bond acceptors (Lipinski definition) is 2. The first kappa shape index (κ1) is 17.6. The topological polar surface area (TPSA) is 38.0 Å². The first-order valence-corrected chi connectivity index (χ1v) is 6.32. The van der Waals surface area contributed by atoms with Gasteiger partial charge in [0.25, 0.3) is 0 Å². The predicted molar refractivity (Wildman–Crippen MR) is 71.8 cm³/mol. The van der Waals surface area contributed by atoms with Crippen LogP contribution in [0, 0.1) is 0 Å². The summed E-state index contributed by atoms with van der Waals surface area (Å²) in [5.41, 5.74) is 5.40. The molecule has 3 N–H and O–H groups in total. The SMILES string of the molecule is CCCCCCCCCNCCCN.Cl. The Hall–Kier alpha value is 0.210. The minimum Gasteiger partial charge on any atom is -0.330 e. The largest absolute Gasteiger partial charge is 0.330 e. The molecule has 15 heavy (non-hydrogen) atoms. The maximum absolute atomic E-state index is 5.40. The molecule has 0 aliphatic rings. The van der Waals surface area contributed by atoms with Gasteiger partial charge in [0, 0.05) is 0 Å². The molecular formula is C12H29ClN2. The van der Waals surface area contributed by atoms with Gasteiger partial charge >= 0.3 is 0 Å². The van der Waals surface area contributed by atoms with Crippen LogP contribution in [0.25, 0.3) is 0 Å². The molecule has 0 rings (SSSR count). The third kappa shape index (κ3) is 16.9. The predicted octanol–water partition coefficient (Wildman–Crippen LogP) is 3.10. The average molecular weight is 237 g/mol. The molecule has 0 unspecified atom stereocenters. The van der Waals surface area contributed by atoms with Crippen molar-refractivity contribution in [1.29, 1.82) is 0 Å². The summed E-state index contributed by atoms with van der Waals surface area (Å²) in [5.74, 6) is 0. The van der Waals surface area contributed by atoms with Crippen LogP contribution < -0.4 is 11.1 Å². The molecule has 0 radical (unpaired) electrons. The highest BCUT2D eigenvalue weighted by atomic mass is 35.5. The van der Waals surface area contributed by atoms with E-state index in [1.807, 2.05) is 0 Å². The Kier molecular flexibility index (Phi) is 19.5. The van der Waals surface area contributed by atoms with Crippen molar-refractivity contribution in [2.24, 2.45) is 5.73 Å². The van der Waals surface area contributed by atoms with Crippen molar-refractivity contribution in [3.63, 3.8) is 0 Å². The lowest BCUT2D eigenvalue weighted by molar-refractivity contribution is 0.558. The zero-order valence-electron chi connectivity index (χ0n) is 10.3. The third-order valence-corrected chi connectivity index (χ3v) is 2.51. The highest BCUT2D eigenvalue weighted by Crippen LogP contribution is 2.06. The molecule has 0 aliphatic heterocycles. The molecular weight excluding hydrogens is 208 g/mol. The zero-order chi connectivity index (χ0) is 10.5. The molecule has 0 aromatic heterocycles. The van der Waals surface area contributed by atoms with Gasteiger partial charge in [-0.2, -0.15) is 0 Å². The maximum atomic E-state index is 5.40. The average Bonchev–Trinajstić information content (AvgIpc) is 2.21. The maximum Gasteiger partial charge on any atom is -0.00369 e. The summed E-state index contributed by atoms with van der Waals surface area (Å²) in [7, 11) is 0. The molecule has 0 aromatic carbocycles. The molecule has 0 spiro atoms. The lowest BCUT2D eigenvalue weighted by Gasteiger charge is -2.03. The van der Waals surface area contributed by atoms with Crippen molar-refractivity contribution < 1.29 is 0 Å². The van der Waals surface area contributed by atoms with E-state index in [9.17, 15) is 0 Å². The van der Waals surface area contributed by atoms with Gasteiger partial charge in [-0.05, 0) is 32.5 Å². The van der Waals surface area contributed by atoms with Crippen LogP contribution in [-0.4, -0.2) is 19.6 Å². The molecule has 94 valence electrons. The molecule has 3 heteroatoms. The molecule has 0 saturated heterocycles. The molecule has 0 amide bonds. The number of hydrogen-bond donors (Lipinski definition) is 2. The van der Waals surface area contributed by atoms with Crippen molar-refractivity contribution in [2.75, 3.05) is 19.6 Å². The highest BCUT2D eigenvalue weighted by molar-refractivity contribution is 5.85. The van der Waals surface area contributed by atoms with Crippen molar-refractivity contribution in [3.8, 4) is 0 Å². The Bertz CT molecular complexity index is 87.6. The fourth-order valence-electron chi connectivity index (χ4n) is 1.56. The highest BCUT2D eigenvalue weighted by Gasteiger charge is 1.90. The van der Waals surface area contributed by atoms with Crippen LogP contribution in [0.3, 0.4) is 0 Å². The first-order chi connectivity index (χ1) is 6.91. The van der Waals surface area contributed by atoms with E-state index in [4.69, 9.17) is 5.73 Å². The number of rotatable bonds is 11. The Balaban J connectivity index is 0. The van der Waals surface area contributed by atoms with Crippen molar-refractivity contribution in [1.82, 2.24) is 5.32 Å². The van der Waals surface area contributed by atoms with Crippen molar-refractivity contribution in [3.05, 3.63) is 0 Å². The van der Waals surface area contributed by atoms with E-state index >= 15 is 0 Å². The van der Waals surface area contributed by atoms with E-state index in [1.54, 1.807) is 0 Å². The van der Waals surface area contributed by atoms with Crippen molar-refractivity contribution >= 4 is 12.4 Å². The van der Waals surface area contributed by atoms with Crippen molar-refractivity contribution in [2.45, 2.75) is 58.3 Å². The van der Waals surface area contributed by atoms with E-state index < -0.39 is 0 Å². The first-order valence-electron chi connectivity index (χ1n) is 6.32. The summed E-state index contributed by atoms with van der Waals surface area (Å²) in [6.07, 6.45) is 10.9. The van der Waals surface area contributed by atoms with Gasteiger partial charge in [0.05, 0.1) is 0 Å². The second-order valence-corrected chi connectivity index (χ2v) is 4.01. The van der Waals surface area contributed by atoms with Gasteiger partial charge in [0.1, 0.15) is 0 Å².